The second-order valence-corrected chi connectivity index (χ2v) is 6.38. The number of ether oxygens (including phenoxy) is 1. The van der Waals surface area contributed by atoms with E-state index in [1.807, 2.05) is 6.07 Å². The van der Waals surface area contributed by atoms with Gasteiger partial charge in [-0.1, -0.05) is 18.2 Å². The van der Waals surface area contributed by atoms with Gasteiger partial charge in [-0.2, -0.15) is 0 Å². The van der Waals surface area contributed by atoms with Gasteiger partial charge in [0, 0.05) is 32.0 Å². The maximum atomic E-state index is 6.40. The fraction of sp³-hybridized carbons (Fsp3) is 0.526. The fourth-order valence-corrected chi connectivity index (χ4v) is 3.69. The highest BCUT2D eigenvalue weighted by Gasteiger charge is 2.43. The molecule has 0 amide bonds. The third-order valence-electron chi connectivity index (χ3n) is 4.81. The largest absolute Gasteiger partial charge is 0.487 e. The highest BCUT2D eigenvalue weighted by molar-refractivity contribution is 5.80. The second-order valence-electron chi connectivity index (χ2n) is 6.38. The molecule has 1 aliphatic carbocycles. The van der Waals surface area contributed by atoms with Crippen molar-refractivity contribution in [3.05, 3.63) is 29.8 Å². The van der Waals surface area contributed by atoms with Gasteiger partial charge in [0.05, 0.1) is 6.04 Å². The molecule has 122 valence electrons. The Hall–Kier alpha value is -2.15. The van der Waals surface area contributed by atoms with Crippen LogP contribution in [0.4, 0.5) is 0 Å². The van der Waals surface area contributed by atoms with E-state index in [2.05, 4.69) is 39.7 Å². The molecule has 23 heavy (non-hydrogen) atoms. The number of hydrogen-bond donors (Lipinski definition) is 2. The topological polar surface area (TPSA) is 45.7 Å². The Morgan fingerprint density at radius 3 is 2.91 bits per heavy atom. The Balaban J connectivity index is 1.78. The van der Waals surface area contributed by atoms with Crippen LogP contribution in [0.15, 0.2) is 29.3 Å². The monoisotopic (exact) mass is 311 g/mol. The molecule has 3 rings (SSSR count). The van der Waals surface area contributed by atoms with E-state index in [1.54, 1.807) is 7.05 Å². The van der Waals surface area contributed by atoms with Crippen molar-refractivity contribution in [3.63, 3.8) is 0 Å². The van der Waals surface area contributed by atoms with Gasteiger partial charge in [-0.25, -0.2) is 0 Å². The lowest BCUT2D eigenvalue weighted by Gasteiger charge is -2.40. The maximum Gasteiger partial charge on any atom is 0.191 e. The number of rotatable bonds is 3. The summed E-state index contributed by atoms with van der Waals surface area (Å²) in [5, 5.41) is 6.85. The molecule has 0 saturated heterocycles. The normalized spacial score (nSPS) is 22.1. The van der Waals surface area contributed by atoms with Crippen molar-refractivity contribution in [1.82, 2.24) is 10.6 Å². The molecule has 1 atom stereocenters. The summed E-state index contributed by atoms with van der Waals surface area (Å²) >= 11 is 0. The smallest absolute Gasteiger partial charge is 0.191 e. The van der Waals surface area contributed by atoms with Gasteiger partial charge in [0.25, 0.3) is 0 Å². The third kappa shape index (κ3) is 3.44. The van der Waals surface area contributed by atoms with Crippen molar-refractivity contribution in [2.45, 2.75) is 50.2 Å². The van der Waals surface area contributed by atoms with Crippen molar-refractivity contribution in [1.29, 1.82) is 0 Å². The summed E-state index contributed by atoms with van der Waals surface area (Å²) in [6.45, 7) is 0.728. The Morgan fingerprint density at radius 2 is 2.17 bits per heavy atom. The van der Waals surface area contributed by atoms with Crippen molar-refractivity contribution >= 4 is 5.96 Å². The average molecular weight is 311 g/mol. The molecule has 0 bridgehead atoms. The summed E-state index contributed by atoms with van der Waals surface area (Å²) in [5.41, 5.74) is 1.20. The summed E-state index contributed by atoms with van der Waals surface area (Å²) in [7, 11) is 1.79. The quantitative estimate of drug-likeness (QED) is 0.390. The molecule has 1 aromatic rings. The molecule has 1 heterocycles. The van der Waals surface area contributed by atoms with Crippen LogP contribution in [0.2, 0.25) is 0 Å². The van der Waals surface area contributed by atoms with Crippen LogP contribution in [-0.2, 0) is 0 Å². The SMILES string of the molecule is C#CCCNC(=NC)NC1CC2(CCCC2)Oc2ccccc21. The maximum absolute atomic E-state index is 6.40. The van der Waals surface area contributed by atoms with Crippen LogP contribution in [0.25, 0.3) is 0 Å². The van der Waals surface area contributed by atoms with Gasteiger partial charge >= 0.3 is 0 Å². The van der Waals surface area contributed by atoms with Gasteiger partial charge in [-0.15, -0.1) is 12.3 Å². The molecule has 4 heteroatoms. The summed E-state index contributed by atoms with van der Waals surface area (Å²) < 4.78 is 6.40. The van der Waals surface area contributed by atoms with Crippen molar-refractivity contribution in [3.8, 4) is 18.1 Å². The number of hydrogen-bond acceptors (Lipinski definition) is 2. The first-order valence-corrected chi connectivity index (χ1v) is 8.45. The van der Waals surface area contributed by atoms with Crippen molar-refractivity contribution in [2.24, 2.45) is 4.99 Å². The molecule has 1 fully saturated rings. The van der Waals surface area contributed by atoms with Crippen LogP contribution in [-0.4, -0.2) is 25.2 Å². The number of guanidine groups is 1. The van der Waals surface area contributed by atoms with E-state index in [9.17, 15) is 0 Å². The zero-order chi connectivity index (χ0) is 16.1. The van der Waals surface area contributed by atoms with E-state index in [1.165, 1.54) is 18.4 Å². The zero-order valence-corrected chi connectivity index (χ0v) is 13.8. The van der Waals surface area contributed by atoms with Crippen LogP contribution in [0.5, 0.6) is 5.75 Å². The number of terminal acetylenes is 1. The standard InChI is InChI=1S/C19H25N3O/c1-3-4-13-21-18(20-2)22-16-14-19(11-7-8-12-19)23-17-10-6-5-9-15(16)17/h1,5-6,9-10,16H,4,7-8,11-14H2,2H3,(H2,20,21,22). The minimum absolute atomic E-state index is 0.0102. The minimum atomic E-state index is -0.0102. The molecule has 1 aromatic carbocycles. The number of fused-ring (bicyclic) bond motifs is 1. The molecule has 1 aliphatic heterocycles. The number of nitrogens with zero attached hydrogens (tertiary/aromatic N) is 1. The molecule has 0 aromatic heterocycles. The Kier molecular flexibility index (Phi) is 4.76. The first-order chi connectivity index (χ1) is 11.3. The molecule has 1 saturated carbocycles. The number of para-hydroxylation sites is 1. The highest BCUT2D eigenvalue weighted by atomic mass is 16.5. The predicted octanol–water partition coefficient (Wildman–Crippen LogP) is 3.01. The molecule has 4 nitrogen and oxygen atoms in total. The second kappa shape index (κ2) is 6.95. The van der Waals surface area contributed by atoms with E-state index < -0.39 is 0 Å². The first kappa shape index (κ1) is 15.7. The van der Waals surface area contributed by atoms with Crippen LogP contribution in [0, 0.1) is 12.3 Å². The van der Waals surface area contributed by atoms with Gasteiger partial charge in [0.15, 0.2) is 5.96 Å². The van der Waals surface area contributed by atoms with E-state index in [0.29, 0.717) is 6.42 Å². The van der Waals surface area contributed by atoms with E-state index >= 15 is 0 Å². The molecule has 1 spiro atoms. The van der Waals surface area contributed by atoms with Gasteiger partial charge in [0.1, 0.15) is 11.4 Å². The molecule has 0 radical (unpaired) electrons. The fourth-order valence-electron chi connectivity index (χ4n) is 3.69. The highest BCUT2D eigenvalue weighted by Crippen LogP contribution is 2.46. The Bertz CT molecular complexity index is 611. The summed E-state index contributed by atoms with van der Waals surface area (Å²) in [6.07, 6.45) is 11.8. The van der Waals surface area contributed by atoms with Gasteiger partial charge in [-0.3, -0.25) is 4.99 Å². The number of nitrogens with one attached hydrogen (secondary N) is 2. The summed E-state index contributed by atoms with van der Waals surface area (Å²) in [5.74, 6) is 4.45. The van der Waals surface area contributed by atoms with Crippen LogP contribution < -0.4 is 15.4 Å². The first-order valence-electron chi connectivity index (χ1n) is 8.45. The molecule has 2 aliphatic rings. The van der Waals surface area contributed by atoms with Crippen molar-refractivity contribution < 1.29 is 4.74 Å². The predicted molar refractivity (Wildman–Crippen MR) is 93.6 cm³/mol. The lowest BCUT2D eigenvalue weighted by molar-refractivity contribution is 0.0396. The summed E-state index contributed by atoms with van der Waals surface area (Å²) in [4.78, 5) is 4.33. The lowest BCUT2D eigenvalue weighted by atomic mass is 9.86. The van der Waals surface area contributed by atoms with E-state index in [-0.39, 0.29) is 11.6 Å². The van der Waals surface area contributed by atoms with Crippen LogP contribution >= 0.6 is 0 Å². The van der Waals surface area contributed by atoms with Crippen LogP contribution in [0.1, 0.15) is 50.1 Å². The molecule has 2 N–H and O–H groups in total. The minimum Gasteiger partial charge on any atom is -0.487 e. The Labute approximate surface area is 138 Å². The van der Waals surface area contributed by atoms with Gasteiger partial charge in [0.2, 0.25) is 0 Å². The average Bonchev–Trinajstić information content (AvgIpc) is 3.01. The molecular weight excluding hydrogens is 286 g/mol. The lowest BCUT2D eigenvalue weighted by Crippen LogP contribution is -2.46. The van der Waals surface area contributed by atoms with E-state index in [4.69, 9.17) is 11.2 Å². The van der Waals surface area contributed by atoms with Crippen LogP contribution in [0.3, 0.4) is 0 Å². The van der Waals surface area contributed by atoms with Gasteiger partial charge < -0.3 is 15.4 Å². The van der Waals surface area contributed by atoms with Gasteiger partial charge in [-0.05, 0) is 31.7 Å². The zero-order valence-electron chi connectivity index (χ0n) is 13.8. The van der Waals surface area contributed by atoms with E-state index in [0.717, 1.165) is 37.5 Å². The third-order valence-corrected chi connectivity index (χ3v) is 4.81. The number of benzene rings is 1. The van der Waals surface area contributed by atoms with Crippen molar-refractivity contribution in [2.75, 3.05) is 13.6 Å². The number of aliphatic imine (C=N–C) groups is 1. The molecule has 1 unspecified atom stereocenters. The summed E-state index contributed by atoms with van der Waals surface area (Å²) in [6, 6.07) is 8.55. The Morgan fingerprint density at radius 1 is 1.39 bits per heavy atom. The molecular formula is C19H25N3O.